The van der Waals surface area contributed by atoms with Crippen LogP contribution in [-0.4, -0.2) is 6.54 Å². The molecule has 124 valence electrons. The maximum atomic E-state index is 13.3. The fourth-order valence-corrected chi connectivity index (χ4v) is 3.14. The number of anilines is 2. The van der Waals surface area contributed by atoms with Gasteiger partial charge < -0.3 is 11.1 Å². The number of hydrogen-bond donors (Lipinski definition) is 2. The Kier molecular flexibility index (Phi) is 5.53. The molecule has 0 unspecified atom stereocenters. The van der Waals surface area contributed by atoms with Crippen LogP contribution in [0.25, 0.3) is 0 Å². The monoisotopic (exact) mass is 334 g/mol. The van der Waals surface area contributed by atoms with Crippen LogP contribution in [0.3, 0.4) is 0 Å². The van der Waals surface area contributed by atoms with Crippen molar-refractivity contribution >= 4 is 23.0 Å². The quantitative estimate of drug-likeness (QED) is 0.694. The Labute approximate surface area is 142 Å². The maximum absolute atomic E-state index is 13.3. The lowest BCUT2D eigenvalue weighted by Crippen LogP contribution is -2.28. The van der Waals surface area contributed by atoms with Crippen LogP contribution in [0.15, 0.2) is 36.4 Å². The van der Waals surface area contributed by atoms with Crippen molar-refractivity contribution in [3.63, 3.8) is 0 Å². The van der Waals surface area contributed by atoms with E-state index >= 15 is 0 Å². The van der Waals surface area contributed by atoms with Crippen molar-refractivity contribution in [3.8, 4) is 0 Å². The minimum atomic E-state index is -0.314. The summed E-state index contributed by atoms with van der Waals surface area (Å²) >= 11 is 6.21. The molecule has 0 atom stereocenters. The summed E-state index contributed by atoms with van der Waals surface area (Å²) in [6.45, 7) is 7.03. The summed E-state index contributed by atoms with van der Waals surface area (Å²) in [6, 6.07) is 10.5. The van der Waals surface area contributed by atoms with Gasteiger partial charge in [0.2, 0.25) is 0 Å². The van der Waals surface area contributed by atoms with Gasteiger partial charge in [-0.25, -0.2) is 4.39 Å². The van der Waals surface area contributed by atoms with Gasteiger partial charge >= 0.3 is 0 Å². The number of halogens is 2. The second-order valence-electron chi connectivity index (χ2n) is 6.53. The SMILES string of the molecule is CCCc1cc(N)ccc1NCC(C)(C)c1ccc(F)cc1Cl. The molecule has 0 amide bonds. The number of nitrogen functional groups attached to an aromatic ring is 1. The second kappa shape index (κ2) is 7.22. The zero-order valence-corrected chi connectivity index (χ0v) is 14.7. The van der Waals surface area contributed by atoms with Gasteiger partial charge in [0.15, 0.2) is 0 Å². The highest BCUT2D eigenvalue weighted by Gasteiger charge is 2.23. The summed E-state index contributed by atoms with van der Waals surface area (Å²) in [5.41, 5.74) is 9.67. The minimum Gasteiger partial charge on any atom is -0.399 e. The molecule has 2 aromatic rings. The molecule has 0 aliphatic rings. The van der Waals surface area contributed by atoms with Crippen molar-refractivity contribution < 1.29 is 4.39 Å². The second-order valence-corrected chi connectivity index (χ2v) is 6.94. The van der Waals surface area contributed by atoms with E-state index < -0.39 is 0 Å². The molecule has 2 nitrogen and oxygen atoms in total. The van der Waals surface area contributed by atoms with Crippen molar-refractivity contribution in [1.29, 1.82) is 0 Å². The topological polar surface area (TPSA) is 38.0 Å². The maximum Gasteiger partial charge on any atom is 0.124 e. The smallest absolute Gasteiger partial charge is 0.124 e. The summed E-state index contributed by atoms with van der Waals surface area (Å²) in [5.74, 6) is -0.314. The lowest BCUT2D eigenvalue weighted by Gasteiger charge is -2.28. The van der Waals surface area contributed by atoms with Gasteiger partial charge in [-0.2, -0.15) is 0 Å². The van der Waals surface area contributed by atoms with E-state index in [0.717, 1.165) is 29.8 Å². The van der Waals surface area contributed by atoms with Crippen LogP contribution >= 0.6 is 11.6 Å². The minimum absolute atomic E-state index is 0.227. The summed E-state index contributed by atoms with van der Waals surface area (Å²) in [5, 5.41) is 3.96. The highest BCUT2D eigenvalue weighted by molar-refractivity contribution is 6.31. The first kappa shape index (κ1) is 17.6. The molecule has 3 N–H and O–H groups in total. The highest BCUT2D eigenvalue weighted by atomic mass is 35.5. The average molecular weight is 335 g/mol. The normalized spacial score (nSPS) is 11.5. The Hall–Kier alpha value is -1.74. The van der Waals surface area contributed by atoms with E-state index in [0.29, 0.717) is 11.6 Å². The summed E-state index contributed by atoms with van der Waals surface area (Å²) < 4.78 is 13.3. The van der Waals surface area contributed by atoms with Crippen molar-refractivity contribution in [2.24, 2.45) is 0 Å². The molecule has 0 saturated carbocycles. The molecule has 2 rings (SSSR count). The summed E-state index contributed by atoms with van der Waals surface area (Å²) in [4.78, 5) is 0. The molecule has 4 heteroatoms. The molecule has 0 bridgehead atoms. The predicted octanol–water partition coefficient (Wildman–Crippen LogP) is 5.40. The molecule has 0 aliphatic heterocycles. The lowest BCUT2D eigenvalue weighted by atomic mass is 9.84. The molecular weight excluding hydrogens is 311 g/mol. The van der Waals surface area contributed by atoms with Crippen molar-refractivity contribution in [3.05, 3.63) is 58.4 Å². The fraction of sp³-hybridized carbons (Fsp3) is 0.368. The van der Waals surface area contributed by atoms with Crippen LogP contribution in [0.1, 0.15) is 38.3 Å². The zero-order chi connectivity index (χ0) is 17.0. The molecule has 0 saturated heterocycles. The molecule has 23 heavy (non-hydrogen) atoms. The Morgan fingerprint density at radius 3 is 2.57 bits per heavy atom. The van der Waals surface area contributed by atoms with Gasteiger partial charge in [-0.05, 0) is 47.9 Å². The third-order valence-corrected chi connectivity index (χ3v) is 4.34. The number of nitrogens with two attached hydrogens (primary N) is 1. The molecule has 0 aromatic heterocycles. The van der Waals surface area contributed by atoms with Gasteiger partial charge in [0.1, 0.15) is 5.82 Å². The third-order valence-electron chi connectivity index (χ3n) is 4.03. The first-order chi connectivity index (χ1) is 10.8. The van der Waals surface area contributed by atoms with Gasteiger partial charge in [0.05, 0.1) is 0 Å². The van der Waals surface area contributed by atoms with Gasteiger partial charge in [-0.3, -0.25) is 0 Å². The van der Waals surface area contributed by atoms with E-state index in [4.69, 9.17) is 17.3 Å². The van der Waals surface area contributed by atoms with Crippen LogP contribution in [-0.2, 0) is 11.8 Å². The number of benzene rings is 2. The standard InChI is InChI=1S/C19H24ClFN2/c1-4-5-13-10-15(22)7-9-18(13)23-12-19(2,3)16-8-6-14(21)11-17(16)20/h6-11,23H,4-5,12,22H2,1-3H3. The molecular formula is C19H24ClFN2. The Morgan fingerprint density at radius 2 is 1.91 bits per heavy atom. The van der Waals surface area contributed by atoms with Gasteiger partial charge in [-0.15, -0.1) is 0 Å². The number of aryl methyl sites for hydroxylation is 1. The van der Waals surface area contributed by atoms with Crippen LogP contribution in [0, 0.1) is 5.82 Å². The van der Waals surface area contributed by atoms with E-state index in [-0.39, 0.29) is 11.2 Å². The Balaban J connectivity index is 2.19. The number of nitrogens with one attached hydrogen (secondary N) is 1. The largest absolute Gasteiger partial charge is 0.399 e. The van der Waals surface area contributed by atoms with E-state index in [1.54, 1.807) is 6.07 Å². The molecule has 0 radical (unpaired) electrons. The predicted molar refractivity (Wildman–Crippen MR) is 97.8 cm³/mol. The van der Waals surface area contributed by atoms with Crippen molar-refractivity contribution in [1.82, 2.24) is 0 Å². The first-order valence-corrected chi connectivity index (χ1v) is 8.29. The highest BCUT2D eigenvalue weighted by Crippen LogP contribution is 2.31. The van der Waals surface area contributed by atoms with Crippen LogP contribution in [0.2, 0.25) is 5.02 Å². The molecule has 0 fully saturated rings. The number of hydrogen-bond acceptors (Lipinski definition) is 2. The van der Waals surface area contributed by atoms with Crippen LogP contribution in [0.5, 0.6) is 0 Å². The van der Waals surface area contributed by atoms with Crippen molar-refractivity contribution in [2.45, 2.75) is 39.0 Å². The first-order valence-electron chi connectivity index (χ1n) is 7.91. The van der Waals surface area contributed by atoms with E-state index in [9.17, 15) is 4.39 Å². The molecule has 2 aromatic carbocycles. The van der Waals surface area contributed by atoms with Gasteiger partial charge in [-0.1, -0.05) is 44.9 Å². The number of rotatable bonds is 6. The van der Waals surface area contributed by atoms with Crippen LogP contribution in [0.4, 0.5) is 15.8 Å². The molecule has 0 aliphatic carbocycles. The van der Waals surface area contributed by atoms with Crippen molar-refractivity contribution in [2.75, 3.05) is 17.6 Å². The average Bonchev–Trinajstić information content (AvgIpc) is 2.46. The van der Waals surface area contributed by atoms with Gasteiger partial charge in [0.25, 0.3) is 0 Å². The Bertz CT molecular complexity index is 683. The van der Waals surface area contributed by atoms with E-state index in [1.807, 2.05) is 18.2 Å². The molecule has 0 spiro atoms. The van der Waals surface area contributed by atoms with E-state index in [2.05, 4.69) is 26.1 Å². The zero-order valence-electron chi connectivity index (χ0n) is 13.9. The fourth-order valence-electron chi connectivity index (χ4n) is 2.71. The van der Waals surface area contributed by atoms with E-state index in [1.165, 1.54) is 17.7 Å². The summed E-state index contributed by atoms with van der Waals surface area (Å²) in [7, 11) is 0. The Morgan fingerprint density at radius 1 is 1.17 bits per heavy atom. The lowest BCUT2D eigenvalue weighted by molar-refractivity contribution is 0.553. The summed E-state index contributed by atoms with van der Waals surface area (Å²) in [6.07, 6.45) is 2.04. The molecule has 0 heterocycles. The van der Waals surface area contributed by atoms with Crippen LogP contribution < -0.4 is 11.1 Å². The third kappa shape index (κ3) is 4.38. The van der Waals surface area contributed by atoms with Gasteiger partial charge in [0, 0.05) is 28.4 Å².